The lowest BCUT2D eigenvalue weighted by molar-refractivity contribution is 0.372. The monoisotopic (exact) mass is 341 g/mol. The highest BCUT2D eigenvalue weighted by Crippen LogP contribution is 2.35. The molecule has 4 rings (SSSR count). The third kappa shape index (κ3) is 2.49. The predicted molar refractivity (Wildman–Crippen MR) is 92.1 cm³/mol. The van der Waals surface area contributed by atoms with Crippen LogP contribution in [0.4, 0.5) is 0 Å². The number of H-pyrrole nitrogens is 1. The Labute approximate surface area is 142 Å². The minimum absolute atomic E-state index is 0.314. The fourth-order valence-corrected chi connectivity index (χ4v) is 3.45. The van der Waals surface area contributed by atoms with Gasteiger partial charge in [-0.1, -0.05) is 18.0 Å². The van der Waals surface area contributed by atoms with E-state index < -0.39 is 11.2 Å². The third-order valence-electron chi connectivity index (χ3n) is 4.91. The molecule has 0 amide bonds. The Bertz CT molecular complexity index is 1060. The number of fused-ring (bicyclic) bond motifs is 1. The van der Waals surface area contributed by atoms with Crippen LogP contribution in [0.15, 0.2) is 32.3 Å². The van der Waals surface area contributed by atoms with Crippen LogP contribution in [0.1, 0.15) is 38.4 Å². The highest BCUT2D eigenvalue weighted by Gasteiger charge is 2.36. The highest BCUT2D eigenvalue weighted by molar-refractivity contribution is 5.81. The summed E-state index contributed by atoms with van der Waals surface area (Å²) in [4.78, 5) is 31.5. The predicted octanol–water partition coefficient (Wildman–Crippen LogP) is 1.49. The number of nitrogens with one attached hydrogen (secondary N) is 1. The lowest BCUT2D eigenvalue weighted by Gasteiger charge is -2.17. The molecule has 0 radical (unpaired) electrons. The fourth-order valence-electron chi connectivity index (χ4n) is 3.45. The van der Waals surface area contributed by atoms with Gasteiger partial charge in [-0.05, 0) is 38.0 Å². The van der Waals surface area contributed by atoms with Crippen LogP contribution in [-0.4, -0.2) is 19.7 Å². The van der Waals surface area contributed by atoms with Crippen molar-refractivity contribution >= 4 is 10.9 Å². The molecule has 3 aromatic rings. The second-order valence-electron chi connectivity index (χ2n) is 6.53. The van der Waals surface area contributed by atoms with Crippen LogP contribution in [0.5, 0.6) is 0 Å². The summed E-state index contributed by atoms with van der Waals surface area (Å²) in [6.45, 7) is 2.07. The van der Waals surface area contributed by atoms with Gasteiger partial charge in [-0.25, -0.2) is 4.79 Å². The molecule has 25 heavy (non-hydrogen) atoms. The molecular formula is C17H19N5O3. The number of aromatic nitrogens is 4. The summed E-state index contributed by atoms with van der Waals surface area (Å²) in [5, 5.41) is 4.48. The van der Waals surface area contributed by atoms with Crippen molar-refractivity contribution in [3.8, 4) is 11.5 Å². The fraction of sp³-hybridized carbons (Fsp3) is 0.412. The zero-order valence-corrected chi connectivity index (χ0v) is 13.9. The van der Waals surface area contributed by atoms with Gasteiger partial charge >= 0.3 is 5.69 Å². The molecule has 8 nitrogen and oxygen atoms in total. The Kier molecular flexibility index (Phi) is 3.57. The first-order chi connectivity index (χ1) is 12.0. The lowest BCUT2D eigenvalue weighted by atomic mass is 9.99. The SMILES string of the molecule is CCn1c(=O)[nH]c2cc(-c3nc(C4(N)CCCC4)no3)ccc2c1=O. The first-order valence-corrected chi connectivity index (χ1v) is 8.42. The van der Waals surface area contributed by atoms with E-state index in [1.54, 1.807) is 25.1 Å². The van der Waals surface area contributed by atoms with Crippen LogP contribution in [0.25, 0.3) is 22.4 Å². The van der Waals surface area contributed by atoms with E-state index in [0.717, 1.165) is 30.3 Å². The summed E-state index contributed by atoms with van der Waals surface area (Å²) in [5.41, 5.74) is 6.16. The van der Waals surface area contributed by atoms with E-state index in [1.165, 1.54) is 0 Å². The van der Waals surface area contributed by atoms with Crippen molar-refractivity contribution in [1.29, 1.82) is 0 Å². The van der Waals surface area contributed by atoms with Crippen molar-refractivity contribution in [3.05, 3.63) is 44.9 Å². The second kappa shape index (κ2) is 5.66. The van der Waals surface area contributed by atoms with Gasteiger partial charge in [0.25, 0.3) is 11.4 Å². The third-order valence-corrected chi connectivity index (χ3v) is 4.91. The van der Waals surface area contributed by atoms with Gasteiger partial charge in [0.1, 0.15) is 0 Å². The molecule has 0 saturated heterocycles. The van der Waals surface area contributed by atoms with Crippen LogP contribution in [0, 0.1) is 0 Å². The lowest BCUT2D eigenvalue weighted by Crippen LogP contribution is -2.34. The van der Waals surface area contributed by atoms with E-state index in [4.69, 9.17) is 10.3 Å². The Morgan fingerprint density at radius 2 is 2.08 bits per heavy atom. The molecule has 130 valence electrons. The maximum atomic E-state index is 12.3. The zero-order chi connectivity index (χ0) is 17.6. The zero-order valence-electron chi connectivity index (χ0n) is 13.9. The molecular weight excluding hydrogens is 322 g/mol. The number of hydrogen-bond acceptors (Lipinski definition) is 6. The molecule has 1 aliphatic rings. The summed E-state index contributed by atoms with van der Waals surface area (Å²) < 4.78 is 6.52. The Morgan fingerprint density at radius 3 is 2.80 bits per heavy atom. The van der Waals surface area contributed by atoms with E-state index in [-0.39, 0.29) is 5.56 Å². The normalized spacial score (nSPS) is 16.6. The van der Waals surface area contributed by atoms with Gasteiger partial charge in [0.15, 0.2) is 5.82 Å². The van der Waals surface area contributed by atoms with E-state index in [0.29, 0.717) is 34.7 Å². The maximum Gasteiger partial charge on any atom is 0.328 e. The van der Waals surface area contributed by atoms with E-state index in [2.05, 4.69) is 15.1 Å². The van der Waals surface area contributed by atoms with Gasteiger partial charge in [0, 0.05) is 12.1 Å². The van der Waals surface area contributed by atoms with Crippen LogP contribution in [-0.2, 0) is 12.1 Å². The van der Waals surface area contributed by atoms with Crippen LogP contribution in [0.3, 0.4) is 0 Å². The largest absolute Gasteiger partial charge is 0.334 e. The van der Waals surface area contributed by atoms with E-state index in [1.807, 2.05) is 0 Å². The highest BCUT2D eigenvalue weighted by atomic mass is 16.5. The average Bonchev–Trinajstić information content (AvgIpc) is 3.25. The van der Waals surface area contributed by atoms with Crippen LogP contribution in [0.2, 0.25) is 0 Å². The molecule has 0 unspecified atom stereocenters. The van der Waals surface area contributed by atoms with Crippen LogP contribution >= 0.6 is 0 Å². The Morgan fingerprint density at radius 1 is 1.32 bits per heavy atom. The average molecular weight is 341 g/mol. The van der Waals surface area contributed by atoms with Crippen molar-refractivity contribution in [1.82, 2.24) is 19.7 Å². The van der Waals surface area contributed by atoms with Crippen molar-refractivity contribution < 1.29 is 4.52 Å². The summed E-state index contributed by atoms with van der Waals surface area (Å²) in [6.07, 6.45) is 3.80. The molecule has 1 saturated carbocycles. The Balaban J connectivity index is 1.79. The Hall–Kier alpha value is -2.74. The van der Waals surface area contributed by atoms with Gasteiger partial charge in [0.2, 0.25) is 0 Å². The molecule has 2 aromatic heterocycles. The van der Waals surface area contributed by atoms with Crippen molar-refractivity contribution in [2.24, 2.45) is 5.73 Å². The van der Waals surface area contributed by atoms with Gasteiger partial charge in [-0.15, -0.1) is 0 Å². The van der Waals surface area contributed by atoms with Crippen molar-refractivity contribution in [2.75, 3.05) is 0 Å². The second-order valence-corrected chi connectivity index (χ2v) is 6.53. The van der Waals surface area contributed by atoms with E-state index >= 15 is 0 Å². The maximum absolute atomic E-state index is 12.3. The molecule has 2 heterocycles. The smallest absolute Gasteiger partial charge is 0.328 e. The number of benzene rings is 1. The first kappa shape index (κ1) is 15.8. The molecule has 8 heteroatoms. The number of rotatable bonds is 3. The van der Waals surface area contributed by atoms with Gasteiger partial charge in [-0.3, -0.25) is 9.36 Å². The quantitative estimate of drug-likeness (QED) is 0.744. The molecule has 1 aromatic carbocycles. The molecule has 3 N–H and O–H groups in total. The number of nitrogens with zero attached hydrogens (tertiary/aromatic N) is 3. The molecule has 1 aliphatic carbocycles. The summed E-state index contributed by atoms with van der Waals surface area (Å²) in [6, 6.07) is 5.07. The molecule has 0 bridgehead atoms. The van der Waals surface area contributed by atoms with E-state index in [9.17, 15) is 9.59 Å². The van der Waals surface area contributed by atoms with Crippen molar-refractivity contribution in [2.45, 2.75) is 44.7 Å². The summed E-state index contributed by atoms with van der Waals surface area (Å²) in [7, 11) is 0. The van der Waals surface area contributed by atoms with Gasteiger partial charge in [0.05, 0.1) is 16.4 Å². The first-order valence-electron chi connectivity index (χ1n) is 8.42. The summed E-state index contributed by atoms with van der Waals surface area (Å²) in [5.74, 6) is 0.837. The standard InChI is InChI=1S/C17H19N5O3/c1-2-22-14(23)11-6-5-10(9-12(11)19-16(22)24)13-20-15(21-25-13)17(18)7-3-4-8-17/h5-6,9H,2-4,7-8,18H2,1H3,(H,19,24). The van der Waals surface area contributed by atoms with Gasteiger partial charge < -0.3 is 15.2 Å². The molecule has 0 aliphatic heterocycles. The van der Waals surface area contributed by atoms with Gasteiger partial charge in [-0.2, -0.15) is 4.98 Å². The number of nitrogens with two attached hydrogens (primary N) is 1. The molecule has 0 spiro atoms. The minimum atomic E-state index is -0.526. The number of aromatic amines is 1. The minimum Gasteiger partial charge on any atom is -0.334 e. The van der Waals surface area contributed by atoms with Crippen molar-refractivity contribution in [3.63, 3.8) is 0 Å². The molecule has 1 fully saturated rings. The topological polar surface area (TPSA) is 120 Å². The van der Waals surface area contributed by atoms with Crippen LogP contribution < -0.4 is 17.0 Å². The number of hydrogen-bond donors (Lipinski definition) is 2. The summed E-state index contributed by atoms with van der Waals surface area (Å²) >= 11 is 0. The molecule has 0 atom stereocenters.